The summed E-state index contributed by atoms with van der Waals surface area (Å²) in [5.74, 6) is 0.173. The Bertz CT molecular complexity index is 831. The SMILES string of the molecule is CCOc1ccccc1/C=C/C(=O)O[C@H](C)C(=O)Nc1ccccc1OCC. The van der Waals surface area contributed by atoms with E-state index in [1.165, 1.54) is 13.0 Å². The third-order valence-corrected chi connectivity index (χ3v) is 3.72. The fraction of sp³-hybridized carbons (Fsp3) is 0.273. The molecule has 1 N–H and O–H groups in total. The van der Waals surface area contributed by atoms with Gasteiger partial charge in [-0.1, -0.05) is 30.3 Å². The highest BCUT2D eigenvalue weighted by atomic mass is 16.5. The summed E-state index contributed by atoms with van der Waals surface area (Å²) in [5, 5.41) is 2.71. The van der Waals surface area contributed by atoms with Gasteiger partial charge >= 0.3 is 5.97 Å². The minimum Gasteiger partial charge on any atom is -0.493 e. The number of anilines is 1. The van der Waals surface area contributed by atoms with Crippen LogP contribution in [0.3, 0.4) is 0 Å². The molecule has 0 aliphatic heterocycles. The van der Waals surface area contributed by atoms with Crippen LogP contribution < -0.4 is 14.8 Å². The Hall–Kier alpha value is -3.28. The summed E-state index contributed by atoms with van der Waals surface area (Å²) in [6.45, 7) is 6.26. The van der Waals surface area contributed by atoms with E-state index in [1.54, 1.807) is 24.3 Å². The van der Waals surface area contributed by atoms with Crippen molar-refractivity contribution in [2.45, 2.75) is 26.9 Å². The maximum atomic E-state index is 12.3. The maximum Gasteiger partial charge on any atom is 0.331 e. The van der Waals surface area contributed by atoms with Crippen LogP contribution in [0, 0.1) is 0 Å². The van der Waals surface area contributed by atoms with E-state index >= 15 is 0 Å². The average Bonchev–Trinajstić information content (AvgIpc) is 2.69. The number of carbonyl (C=O) groups is 2. The van der Waals surface area contributed by atoms with Crippen molar-refractivity contribution in [2.24, 2.45) is 0 Å². The van der Waals surface area contributed by atoms with Gasteiger partial charge in [-0.15, -0.1) is 0 Å². The molecule has 148 valence electrons. The Kier molecular flexibility index (Phi) is 8.09. The quantitative estimate of drug-likeness (QED) is 0.522. The highest BCUT2D eigenvalue weighted by molar-refractivity contribution is 5.97. The molecule has 0 aromatic heterocycles. The van der Waals surface area contributed by atoms with Gasteiger partial charge in [-0.2, -0.15) is 0 Å². The van der Waals surface area contributed by atoms with Crippen molar-refractivity contribution in [3.8, 4) is 11.5 Å². The molecule has 2 aromatic carbocycles. The van der Waals surface area contributed by atoms with Crippen LogP contribution in [-0.4, -0.2) is 31.2 Å². The van der Waals surface area contributed by atoms with E-state index in [1.807, 2.05) is 44.2 Å². The van der Waals surface area contributed by atoms with Crippen molar-refractivity contribution in [3.05, 3.63) is 60.2 Å². The number of hydrogen-bond donors (Lipinski definition) is 1. The molecule has 2 aromatic rings. The molecule has 6 heteroatoms. The summed E-state index contributed by atoms with van der Waals surface area (Å²) in [4.78, 5) is 24.4. The van der Waals surface area contributed by atoms with Gasteiger partial charge in [-0.3, -0.25) is 4.79 Å². The number of amides is 1. The predicted molar refractivity (Wildman–Crippen MR) is 108 cm³/mol. The summed E-state index contributed by atoms with van der Waals surface area (Å²) in [6.07, 6.45) is 1.91. The molecule has 0 bridgehead atoms. The van der Waals surface area contributed by atoms with Crippen LogP contribution in [0.2, 0.25) is 0 Å². The van der Waals surface area contributed by atoms with Gasteiger partial charge < -0.3 is 19.5 Å². The first kappa shape index (κ1) is 21.0. The molecule has 0 aliphatic carbocycles. The zero-order chi connectivity index (χ0) is 20.4. The molecule has 2 rings (SSSR count). The van der Waals surface area contributed by atoms with E-state index in [9.17, 15) is 9.59 Å². The highest BCUT2D eigenvalue weighted by Gasteiger charge is 2.18. The lowest BCUT2D eigenvalue weighted by atomic mass is 10.2. The molecule has 1 atom stereocenters. The fourth-order valence-corrected chi connectivity index (χ4v) is 2.42. The number of benzene rings is 2. The predicted octanol–water partition coefficient (Wildman–Crippen LogP) is 4.07. The van der Waals surface area contributed by atoms with E-state index in [-0.39, 0.29) is 0 Å². The Labute approximate surface area is 165 Å². The normalized spacial score (nSPS) is 11.7. The Balaban J connectivity index is 1.96. The molecular weight excluding hydrogens is 358 g/mol. The Morgan fingerprint density at radius 2 is 1.57 bits per heavy atom. The third kappa shape index (κ3) is 6.16. The van der Waals surface area contributed by atoms with Crippen LogP contribution in [0.5, 0.6) is 11.5 Å². The van der Waals surface area contributed by atoms with Crippen LogP contribution in [0.15, 0.2) is 54.6 Å². The first-order valence-corrected chi connectivity index (χ1v) is 9.18. The average molecular weight is 383 g/mol. The second-order valence-electron chi connectivity index (χ2n) is 5.80. The standard InChI is InChI=1S/C22H25NO5/c1-4-26-19-12-8-6-10-17(19)14-15-21(24)28-16(3)22(25)23-18-11-7-9-13-20(18)27-5-2/h6-16H,4-5H2,1-3H3,(H,23,25)/b15-14+/t16-/m1/s1. The number of nitrogens with one attached hydrogen (secondary N) is 1. The maximum absolute atomic E-state index is 12.3. The second-order valence-corrected chi connectivity index (χ2v) is 5.80. The number of rotatable bonds is 9. The van der Waals surface area contributed by atoms with Crippen LogP contribution in [0.25, 0.3) is 6.08 Å². The van der Waals surface area contributed by atoms with E-state index in [0.717, 1.165) is 5.56 Å². The lowest BCUT2D eigenvalue weighted by Crippen LogP contribution is -2.29. The molecule has 6 nitrogen and oxygen atoms in total. The van der Waals surface area contributed by atoms with Crippen LogP contribution in [-0.2, 0) is 14.3 Å². The Morgan fingerprint density at radius 1 is 0.964 bits per heavy atom. The smallest absolute Gasteiger partial charge is 0.331 e. The number of carbonyl (C=O) groups excluding carboxylic acids is 2. The van der Waals surface area contributed by atoms with Crippen LogP contribution in [0.1, 0.15) is 26.3 Å². The van der Waals surface area contributed by atoms with Gasteiger partial charge in [-0.25, -0.2) is 4.79 Å². The fourth-order valence-electron chi connectivity index (χ4n) is 2.42. The van der Waals surface area contributed by atoms with Gasteiger partial charge in [0.1, 0.15) is 11.5 Å². The first-order chi connectivity index (χ1) is 13.5. The summed E-state index contributed by atoms with van der Waals surface area (Å²) < 4.78 is 16.2. The van der Waals surface area contributed by atoms with Gasteiger partial charge in [-0.05, 0) is 45.0 Å². The van der Waals surface area contributed by atoms with Crippen molar-refractivity contribution in [2.75, 3.05) is 18.5 Å². The third-order valence-electron chi connectivity index (χ3n) is 3.72. The number of ether oxygens (including phenoxy) is 3. The van der Waals surface area contributed by atoms with E-state index in [0.29, 0.717) is 30.4 Å². The summed E-state index contributed by atoms with van der Waals surface area (Å²) in [6, 6.07) is 14.4. The molecule has 0 spiro atoms. The Morgan fingerprint density at radius 3 is 2.29 bits per heavy atom. The molecule has 0 heterocycles. The monoisotopic (exact) mass is 383 g/mol. The molecule has 1 amide bonds. The second kappa shape index (κ2) is 10.8. The first-order valence-electron chi connectivity index (χ1n) is 9.18. The van der Waals surface area contributed by atoms with Crippen LogP contribution >= 0.6 is 0 Å². The topological polar surface area (TPSA) is 73.9 Å². The van der Waals surface area contributed by atoms with E-state index in [4.69, 9.17) is 14.2 Å². The van der Waals surface area contributed by atoms with Gasteiger partial charge in [0.2, 0.25) is 0 Å². The minimum absolute atomic E-state index is 0.441. The largest absolute Gasteiger partial charge is 0.493 e. The minimum atomic E-state index is -0.964. The summed E-state index contributed by atoms with van der Waals surface area (Å²) in [7, 11) is 0. The number of esters is 1. The number of para-hydroxylation sites is 3. The zero-order valence-electron chi connectivity index (χ0n) is 16.3. The molecule has 0 saturated heterocycles. The lowest BCUT2D eigenvalue weighted by molar-refractivity contribution is -0.148. The molecule has 0 fully saturated rings. The molecule has 0 saturated carbocycles. The molecule has 0 unspecified atom stereocenters. The van der Waals surface area contributed by atoms with Crippen molar-refractivity contribution >= 4 is 23.6 Å². The van der Waals surface area contributed by atoms with Crippen molar-refractivity contribution in [3.63, 3.8) is 0 Å². The van der Waals surface area contributed by atoms with Crippen molar-refractivity contribution in [1.82, 2.24) is 0 Å². The lowest BCUT2D eigenvalue weighted by Gasteiger charge is -2.15. The molecule has 0 radical (unpaired) electrons. The highest BCUT2D eigenvalue weighted by Crippen LogP contribution is 2.24. The molecule has 28 heavy (non-hydrogen) atoms. The van der Waals surface area contributed by atoms with Crippen LogP contribution in [0.4, 0.5) is 5.69 Å². The molecular formula is C22H25NO5. The van der Waals surface area contributed by atoms with Crippen molar-refractivity contribution in [1.29, 1.82) is 0 Å². The van der Waals surface area contributed by atoms with Gasteiger partial charge in [0.25, 0.3) is 5.91 Å². The van der Waals surface area contributed by atoms with E-state index < -0.39 is 18.0 Å². The van der Waals surface area contributed by atoms with E-state index in [2.05, 4.69) is 5.32 Å². The van der Waals surface area contributed by atoms with Gasteiger partial charge in [0.15, 0.2) is 6.10 Å². The van der Waals surface area contributed by atoms with Gasteiger partial charge in [0, 0.05) is 11.6 Å². The summed E-state index contributed by atoms with van der Waals surface area (Å²) in [5.41, 5.74) is 1.28. The number of hydrogen-bond acceptors (Lipinski definition) is 5. The van der Waals surface area contributed by atoms with Gasteiger partial charge in [0.05, 0.1) is 18.9 Å². The van der Waals surface area contributed by atoms with Crippen molar-refractivity contribution < 1.29 is 23.8 Å². The molecule has 0 aliphatic rings. The zero-order valence-corrected chi connectivity index (χ0v) is 16.3. The summed E-state index contributed by atoms with van der Waals surface area (Å²) >= 11 is 0.